The number of aliphatic hydroxyl groups excluding tert-OH is 1. The molecule has 1 saturated heterocycles. The highest BCUT2D eigenvalue weighted by molar-refractivity contribution is 9.10. The summed E-state index contributed by atoms with van der Waals surface area (Å²) in [6, 6.07) is 5.54. The summed E-state index contributed by atoms with van der Waals surface area (Å²) in [7, 11) is 0. The van der Waals surface area contributed by atoms with Crippen molar-refractivity contribution in [2.24, 2.45) is 5.92 Å². The van der Waals surface area contributed by atoms with E-state index in [0.29, 0.717) is 24.3 Å². The molecule has 3 rings (SSSR count). The molecule has 0 spiro atoms. The minimum atomic E-state index is -0.0570. The molecule has 1 amide bonds. The van der Waals surface area contributed by atoms with Gasteiger partial charge in [0.1, 0.15) is 5.82 Å². The lowest BCUT2D eigenvalue weighted by Crippen LogP contribution is -2.26. The van der Waals surface area contributed by atoms with Crippen molar-refractivity contribution in [2.75, 3.05) is 18.1 Å². The molecule has 1 aromatic heterocycles. The van der Waals surface area contributed by atoms with E-state index in [-0.39, 0.29) is 23.7 Å². The summed E-state index contributed by atoms with van der Waals surface area (Å²) in [6.45, 7) is 0.437. The van der Waals surface area contributed by atoms with Crippen LogP contribution in [0.15, 0.2) is 22.7 Å². The maximum atomic E-state index is 12.1. The predicted octanol–water partition coefficient (Wildman–Crippen LogP) is 2.39. The summed E-state index contributed by atoms with van der Waals surface area (Å²) < 4.78 is 0.877. The molecular formula is C13H11BrClN3O2. The van der Waals surface area contributed by atoms with Crippen LogP contribution in [0.5, 0.6) is 0 Å². The van der Waals surface area contributed by atoms with Crippen molar-refractivity contribution >= 4 is 50.2 Å². The third-order valence-corrected chi connectivity index (χ3v) is 3.99. The largest absolute Gasteiger partial charge is 0.396 e. The van der Waals surface area contributed by atoms with Gasteiger partial charge in [-0.1, -0.05) is 15.9 Å². The summed E-state index contributed by atoms with van der Waals surface area (Å²) in [5.41, 5.74) is 0.684. The lowest BCUT2D eigenvalue weighted by molar-refractivity contribution is -0.117. The number of carbonyl (C=O) groups excluding carboxylic acids is 1. The minimum absolute atomic E-state index is 0.0112. The summed E-state index contributed by atoms with van der Waals surface area (Å²) in [4.78, 5) is 22.0. The van der Waals surface area contributed by atoms with Gasteiger partial charge in [0.05, 0.1) is 5.52 Å². The quantitative estimate of drug-likeness (QED) is 0.839. The monoisotopic (exact) mass is 355 g/mol. The number of fused-ring (bicyclic) bond motifs is 1. The molecule has 0 radical (unpaired) electrons. The highest BCUT2D eigenvalue weighted by Crippen LogP contribution is 2.31. The second-order valence-electron chi connectivity index (χ2n) is 4.73. The van der Waals surface area contributed by atoms with Crippen molar-refractivity contribution in [3.63, 3.8) is 0 Å². The fourth-order valence-electron chi connectivity index (χ4n) is 2.37. The van der Waals surface area contributed by atoms with Crippen molar-refractivity contribution in [1.29, 1.82) is 0 Å². The van der Waals surface area contributed by atoms with Gasteiger partial charge in [0.2, 0.25) is 11.2 Å². The van der Waals surface area contributed by atoms with E-state index in [0.717, 1.165) is 9.86 Å². The third-order valence-electron chi connectivity index (χ3n) is 3.33. The van der Waals surface area contributed by atoms with Gasteiger partial charge < -0.3 is 5.11 Å². The van der Waals surface area contributed by atoms with E-state index in [2.05, 4.69) is 25.9 Å². The van der Waals surface area contributed by atoms with Crippen molar-refractivity contribution in [3.05, 3.63) is 28.0 Å². The van der Waals surface area contributed by atoms with Crippen LogP contribution < -0.4 is 4.90 Å². The molecule has 2 aromatic rings. The van der Waals surface area contributed by atoms with E-state index in [4.69, 9.17) is 11.6 Å². The van der Waals surface area contributed by atoms with Crippen LogP contribution in [0.1, 0.15) is 6.42 Å². The zero-order chi connectivity index (χ0) is 14.3. The first-order valence-corrected chi connectivity index (χ1v) is 7.29. The van der Waals surface area contributed by atoms with Crippen LogP contribution in [0.4, 0.5) is 5.82 Å². The molecule has 2 heterocycles. The fourth-order valence-corrected chi connectivity index (χ4v) is 2.90. The average Bonchev–Trinajstić information content (AvgIpc) is 2.79. The van der Waals surface area contributed by atoms with Gasteiger partial charge in [-0.25, -0.2) is 4.98 Å². The second kappa shape index (κ2) is 5.27. The van der Waals surface area contributed by atoms with Crippen LogP contribution in [-0.2, 0) is 4.79 Å². The van der Waals surface area contributed by atoms with Gasteiger partial charge in [0.25, 0.3) is 0 Å². The molecule has 1 atom stereocenters. The second-order valence-corrected chi connectivity index (χ2v) is 5.99. The molecule has 20 heavy (non-hydrogen) atoms. The lowest BCUT2D eigenvalue weighted by atomic mass is 10.1. The molecule has 1 aromatic carbocycles. The van der Waals surface area contributed by atoms with Gasteiger partial charge in [-0.3, -0.25) is 9.69 Å². The number of benzene rings is 1. The SMILES string of the molecule is O=C1CC(CO)CN1c1nc(Cl)nc2ccc(Br)cc12. The zero-order valence-corrected chi connectivity index (χ0v) is 12.7. The first-order chi connectivity index (χ1) is 9.58. The number of rotatable bonds is 2. The Balaban J connectivity index is 2.15. The molecule has 0 bridgehead atoms. The summed E-state index contributed by atoms with van der Waals surface area (Å²) in [6.07, 6.45) is 0.327. The average molecular weight is 357 g/mol. The van der Waals surface area contributed by atoms with E-state index in [1.165, 1.54) is 0 Å². The molecule has 1 aliphatic rings. The van der Waals surface area contributed by atoms with Crippen LogP contribution in [-0.4, -0.2) is 34.1 Å². The van der Waals surface area contributed by atoms with Crippen molar-refractivity contribution in [3.8, 4) is 0 Å². The van der Waals surface area contributed by atoms with E-state index in [1.807, 2.05) is 18.2 Å². The highest BCUT2D eigenvalue weighted by atomic mass is 79.9. The smallest absolute Gasteiger partial charge is 0.228 e. The maximum Gasteiger partial charge on any atom is 0.228 e. The number of aliphatic hydroxyl groups is 1. The Morgan fingerprint density at radius 2 is 2.25 bits per heavy atom. The predicted molar refractivity (Wildman–Crippen MR) is 79.8 cm³/mol. The van der Waals surface area contributed by atoms with Gasteiger partial charge in [-0.05, 0) is 29.8 Å². The first kappa shape index (κ1) is 13.7. The number of nitrogens with zero attached hydrogens (tertiary/aromatic N) is 3. The number of hydrogen-bond donors (Lipinski definition) is 1. The number of halogens is 2. The summed E-state index contributed by atoms with van der Waals surface area (Å²) in [5, 5.41) is 10.1. The molecule has 1 fully saturated rings. The molecule has 0 saturated carbocycles. The molecule has 1 aliphatic heterocycles. The molecule has 0 aliphatic carbocycles. The summed E-state index contributed by atoms with van der Waals surface area (Å²) >= 11 is 9.34. The van der Waals surface area contributed by atoms with Crippen LogP contribution in [0.2, 0.25) is 5.28 Å². The van der Waals surface area contributed by atoms with Gasteiger partial charge in [-0.15, -0.1) is 0 Å². The Labute approximate surface area is 128 Å². The Kier molecular flexibility index (Phi) is 3.62. The van der Waals surface area contributed by atoms with Gasteiger partial charge in [0, 0.05) is 35.3 Å². The highest BCUT2D eigenvalue weighted by Gasteiger charge is 2.32. The Bertz CT molecular complexity index is 695. The van der Waals surface area contributed by atoms with Gasteiger partial charge in [-0.2, -0.15) is 4.98 Å². The molecular weight excluding hydrogens is 346 g/mol. The Morgan fingerprint density at radius 1 is 1.45 bits per heavy atom. The summed E-state index contributed by atoms with van der Waals surface area (Å²) in [5.74, 6) is 0.390. The maximum absolute atomic E-state index is 12.1. The first-order valence-electron chi connectivity index (χ1n) is 6.12. The van der Waals surface area contributed by atoms with E-state index < -0.39 is 0 Å². The van der Waals surface area contributed by atoms with E-state index in [9.17, 15) is 9.90 Å². The number of aromatic nitrogens is 2. The lowest BCUT2D eigenvalue weighted by Gasteiger charge is -2.17. The topological polar surface area (TPSA) is 66.3 Å². The molecule has 5 nitrogen and oxygen atoms in total. The number of carbonyl (C=O) groups is 1. The number of hydrogen-bond acceptors (Lipinski definition) is 4. The van der Waals surface area contributed by atoms with Gasteiger partial charge in [0.15, 0.2) is 0 Å². The molecule has 104 valence electrons. The van der Waals surface area contributed by atoms with Crippen LogP contribution in [0.3, 0.4) is 0 Å². The van der Waals surface area contributed by atoms with E-state index >= 15 is 0 Å². The fraction of sp³-hybridized carbons (Fsp3) is 0.308. The van der Waals surface area contributed by atoms with Crippen molar-refractivity contribution in [2.45, 2.75) is 6.42 Å². The van der Waals surface area contributed by atoms with Crippen LogP contribution in [0, 0.1) is 5.92 Å². The number of amides is 1. The molecule has 7 heteroatoms. The Morgan fingerprint density at radius 3 is 2.95 bits per heavy atom. The molecule has 1 unspecified atom stereocenters. The van der Waals surface area contributed by atoms with Crippen LogP contribution in [0.25, 0.3) is 10.9 Å². The van der Waals surface area contributed by atoms with Crippen molar-refractivity contribution < 1.29 is 9.90 Å². The standard InChI is InChI=1S/C13H11BrClN3O2/c14-8-1-2-10-9(4-8)12(17-13(15)16-10)18-5-7(6-19)3-11(18)20/h1-2,4,7,19H,3,5-6H2. The zero-order valence-electron chi connectivity index (χ0n) is 10.4. The number of anilines is 1. The molecule has 1 N–H and O–H groups in total. The van der Waals surface area contributed by atoms with E-state index in [1.54, 1.807) is 4.90 Å². The van der Waals surface area contributed by atoms with Gasteiger partial charge >= 0.3 is 0 Å². The van der Waals surface area contributed by atoms with Crippen molar-refractivity contribution in [1.82, 2.24) is 9.97 Å². The Hall–Kier alpha value is -1.24. The van der Waals surface area contributed by atoms with Crippen LogP contribution >= 0.6 is 27.5 Å². The third kappa shape index (κ3) is 2.39. The normalized spacial score (nSPS) is 19.1. The minimum Gasteiger partial charge on any atom is -0.396 e.